The van der Waals surface area contributed by atoms with Crippen molar-refractivity contribution in [3.8, 4) is 0 Å². The number of rotatable bonds is 9. The molecule has 0 bridgehead atoms. The van der Waals surface area contributed by atoms with Crippen molar-refractivity contribution in [1.82, 2.24) is 5.32 Å². The summed E-state index contributed by atoms with van der Waals surface area (Å²) in [6, 6.07) is 11.7. The van der Waals surface area contributed by atoms with Crippen LogP contribution in [0.3, 0.4) is 0 Å². The maximum atomic E-state index is 12.8. The molecule has 6 nitrogen and oxygen atoms in total. The van der Waals surface area contributed by atoms with E-state index in [4.69, 9.17) is 4.74 Å². The average molecular weight is 405 g/mol. The second-order valence-electron chi connectivity index (χ2n) is 6.98. The van der Waals surface area contributed by atoms with E-state index in [1.54, 1.807) is 31.2 Å². The molecule has 1 amide bonds. The Balaban J connectivity index is 2.09. The number of benzene rings is 2. The summed E-state index contributed by atoms with van der Waals surface area (Å²) in [5.41, 5.74) is 2.39. The Morgan fingerprint density at radius 2 is 1.75 bits per heavy atom. The molecule has 2 aromatic rings. The number of nitrogens with one attached hydrogen (secondary N) is 2. The predicted octanol–water partition coefficient (Wildman–Crippen LogP) is 3.65. The summed E-state index contributed by atoms with van der Waals surface area (Å²) in [6.45, 7) is 8.57. The lowest BCUT2D eigenvalue weighted by Gasteiger charge is -2.13. The zero-order chi connectivity index (χ0) is 20.7. The van der Waals surface area contributed by atoms with Gasteiger partial charge in [-0.15, -0.1) is 0 Å². The van der Waals surface area contributed by atoms with E-state index in [0.29, 0.717) is 36.4 Å². The van der Waals surface area contributed by atoms with Gasteiger partial charge in [0.1, 0.15) is 0 Å². The summed E-state index contributed by atoms with van der Waals surface area (Å²) in [7, 11) is -3.80. The van der Waals surface area contributed by atoms with E-state index < -0.39 is 10.0 Å². The zero-order valence-corrected chi connectivity index (χ0v) is 17.6. The highest BCUT2D eigenvalue weighted by Crippen LogP contribution is 2.21. The molecule has 0 spiro atoms. The van der Waals surface area contributed by atoms with Crippen LogP contribution >= 0.6 is 0 Å². The van der Waals surface area contributed by atoms with Gasteiger partial charge in [-0.05, 0) is 63.9 Å². The lowest BCUT2D eigenvalue weighted by atomic mass is 10.1. The molecule has 0 aromatic heterocycles. The third kappa shape index (κ3) is 6.35. The Bertz CT molecular complexity index is 907. The van der Waals surface area contributed by atoms with Crippen LogP contribution in [0, 0.1) is 13.8 Å². The fraction of sp³-hybridized carbons (Fsp3) is 0.381. The quantitative estimate of drug-likeness (QED) is 0.625. The first-order valence-corrected chi connectivity index (χ1v) is 10.8. The SMILES string of the molecule is Cc1ccc(NS(=O)(=O)c2cc(C(=O)NCCCOC(C)C)ccc2C)cc1. The van der Waals surface area contributed by atoms with Crippen LogP contribution < -0.4 is 10.0 Å². The van der Waals surface area contributed by atoms with Gasteiger partial charge in [0.25, 0.3) is 15.9 Å². The zero-order valence-electron chi connectivity index (χ0n) is 16.8. The van der Waals surface area contributed by atoms with E-state index in [1.807, 2.05) is 32.9 Å². The summed E-state index contributed by atoms with van der Waals surface area (Å²) in [4.78, 5) is 12.4. The lowest BCUT2D eigenvalue weighted by molar-refractivity contribution is 0.0757. The van der Waals surface area contributed by atoms with Crippen molar-refractivity contribution >= 4 is 21.6 Å². The minimum absolute atomic E-state index is 0.0869. The highest BCUT2D eigenvalue weighted by Gasteiger charge is 2.19. The van der Waals surface area contributed by atoms with Crippen molar-refractivity contribution < 1.29 is 17.9 Å². The first-order valence-electron chi connectivity index (χ1n) is 9.29. The molecular formula is C21H28N2O4S. The maximum absolute atomic E-state index is 12.8. The summed E-state index contributed by atoms with van der Waals surface area (Å²) in [5, 5.41) is 2.79. The largest absolute Gasteiger partial charge is 0.379 e. The molecule has 0 aliphatic carbocycles. The molecule has 0 aliphatic heterocycles. The molecule has 152 valence electrons. The number of carbonyl (C=O) groups is 1. The van der Waals surface area contributed by atoms with Crippen molar-refractivity contribution in [1.29, 1.82) is 0 Å². The standard InChI is InChI=1S/C21H28N2O4S/c1-15(2)27-13-5-12-22-21(24)18-9-8-17(4)20(14-18)28(25,26)23-19-10-6-16(3)7-11-19/h6-11,14-15,23H,5,12-13H2,1-4H3,(H,22,24). The lowest BCUT2D eigenvalue weighted by Crippen LogP contribution is -2.26. The smallest absolute Gasteiger partial charge is 0.262 e. The van der Waals surface area contributed by atoms with Crippen molar-refractivity contribution in [2.45, 2.75) is 45.1 Å². The number of anilines is 1. The molecule has 0 fully saturated rings. The third-order valence-electron chi connectivity index (χ3n) is 4.10. The van der Waals surface area contributed by atoms with Crippen molar-refractivity contribution in [3.05, 3.63) is 59.2 Å². The van der Waals surface area contributed by atoms with Crippen LogP contribution in [0.25, 0.3) is 0 Å². The Kier molecular flexibility index (Phi) is 7.60. The predicted molar refractivity (Wildman–Crippen MR) is 111 cm³/mol. The number of hydrogen-bond donors (Lipinski definition) is 2. The molecule has 0 aliphatic rings. The molecule has 0 saturated carbocycles. The van der Waals surface area contributed by atoms with Crippen molar-refractivity contribution in [2.75, 3.05) is 17.9 Å². The van der Waals surface area contributed by atoms with Crippen LogP contribution in [-0.2, 0) is 14.8 Å². The van der Waals surface area contributed by atoms with Crippen LogP contribution in [0.15, 0.2) is 47.4 Å². The number of sulfonamides is 1. The molecule has 0 heterocycles. The van der Waals surface area contributed by atoms with Crippen molar-refractivity contribution in [3.63, 3.8) is 0 Å². The van der Waals surface area contributed by atoms with Gasteiger partial charge < -0.3 is 10.1 Å². The Hall–Kier alpha value is -2.38. The van der Waals surface area contributed by atoms with Crippen LogP contribution in [-0.4, -0.2) is 33.6 Å². The van der Waals surface area contributed by atoms with Crippen LogP contribution in [0.4, 0.5) is 5.69 Å². The molecular weight excluding hydrogens is 376 g/mol. The average Bonchev–Trinajstić information content (AvgIpc) is 2.63. The third-order valence-corrected chi connectivity index (χ3v) is 5.62. The second-order valence-corrected chi connectivity index (χ2v) is 8.63. The van der Waals surface area contributed by atoms with Gasteiger partial charge in [-0.1, -0.05) is 23.8 Å². The van der Waals surface area contributed by atoms with Gasteiger partial charge in [-0.2, -0.15) is 0 Å². The van der Waals surface area contributed by atoms with Gasteiger partial charge in [-0.25, -0.2) is 8.42 Å². The maximum Gasteiger partial charge on any atom is 0.262 e. The minimum Gasteiger partial charge on any atom is -0.379 e. The molecule has 0 saturated heterocycles. The monoisotopic (exact) mass is 404 g/mol. The van der Waals surface area contributed by atoms with Gasteiger partial charge in [0.05, 0.1) is 11.0 Å². The summed E-state index contributed by atoms with van der Waals surface area (Å²) in [5.74, 6) is -0.309. The summed E-state index contributed by atoms with van der Waals surface area (Å²) in [6.07, 6.45) is 0.845. The van der Waals surface area contributed by atoms with E-state index in [-0.39, 0.29) is 16.9 Å². The normalized spacial score (nSPS) is 11.5. The fourth-order valence-corrected chi connectivity index (χ4v) is 3.89. The van der Waals surface area contributed by atoms with E-state index >= 15 is 0 Å². The Morgan fingerprint density at radius 1 is 1.07 bits per heavy atom. The molecule has 2 aromatic carbocycles. The van der Waals surface area contributed by atoms with Gasteiger partial charge in [0.15, 0.2) is 0 Å². The van der Waals surface area contributed by atoms with E-state index in [0.717, 1.165) is 5.56 Å². The van der Waals surface area contributed by atoms with Crippen LogP contribution in [0.5, 0.6) is 0 Å². The van der Waals surface area contributed by atoms with Gasteiger partial charge in [0, 0.05) is 24.4 Å². The molecule has 7 heteroatoms. The molecule has 0 unspecified atom stereocenters. The van der Waals surface area contributed by atoms with E-state index in [9.17, 15) is 13.2 Å². The Morgan fingerprint density at radius 3 is 2.39 bits per heavy atom. The Labute approximate surface area is 167 Å². The molecule has 2 rings (SSSR count). The first kappa shape index (κ1) is 21.9. The number of hydrogen-bond acceptors (Lipinski definition) is 4. The molecule has 0 atom stereocenters. The molecule has 28 heavy (non-hydrogen) atoms. The number of aryl methyl sites for hydroxylation is 2. The number of carbonyl (C=O) groups excluding carboxylic acids is 1. The fourth-order valence-electron chi connectivity index (χ4n) is 2.56. The number of ether oxygens (including phenoxy) is 1. The van der Waals surface area contributed by atoms with Crippen molar-refractivity contribution in [2.24, 2.45) is 0 Å². The summed E-state index contributed by atoms with van der Waals surface area (Å²) < 4.78 is 33.6. The van der Waals surface area contributed by atoms with Crippen LogP contribution in [0.2, 0.25) is 0 Å². The molecule has 2 N–H and O–H groups in total. The first-order chi connectivity index (χ1) is 13.2. The summed E-state index contributed by atoms with van der Waals surface area (Å²) >= 11 is 0. The van der Waals surface area contributed by atoms with Gasteiger partial charge >= 0.3 is 0 Å². The van der Waals surface area contributed by atoms with E-state index in [2.05, 4.69) is 10.0 Å². The second kappa shape index (κ2) is 9.71. The van der Waals surface area contributed by atoms with Gasteiger partial charge in [-0.3, -0.25) is 9.52 Å². The highest BCUT2D eigenvalue weighted by atomic mass is 32.2. The number of amides is 1. The van der Waals surface area contributed by atoms with Crippen LogP contribution in [0.1, 0.15) is 41.8 Å². The minimum atomic E-state index is -3.80. The van der Waals surface area contributed by atoms with Gasteiger partial charge in [0.2, 0.25) is 0 Å². The van der Waals surface area contributed by atoms with E-state index in [1.165, 1.54) is 6.07 Å². The molecule has 0 radical (unpaired) electrons. The topological polar surface area (TPSA) is 84.5 Å². The highest BCUT2D eigenvalue weighted by molar-refractivity contribution is 7.92.